The average molecular weight is 337 g/mol. The van der Waals surface area contributed by atoms with Gasteiger partial charge in [-0.1, -0.05) is 25.4 Å². The smallest absolute Gasteiger partial charge is 0.266 e. The number of H-pyrrole nitrogens is 1. The molecule has 0 aliphatic carbocycles. The number of hydrogen-bond acceptors (Lipinski definition) is 4. The number of nitrogens with one attached hydrogen (secondary N) is 1. The Morgan fingerprint density at radius 3 is 2.48 bits per heavy atom. The summed E-state index contributed by atoms with van der Waals surface area (Å²) in [5, 5.41) is -0.146. The molecule has 0 aliphatic rings. The third kappa shape index (κ3) is 4.29. The van der Waals surface area contributed by atoms with Crippen molar-refractivity contribution >= 4 is 21.6 Å². The fraction of sp³-hybridized carbons (Fsp3) is 0.615. The molecule has 0 atom stereocenters. The van der Waals surface area contributed by atoms with Gasteiger partial charge in [-0.15, -0.1) is 0 Å². The van der Waals surface area contributed by atoms with E-state index in [1.165, 1.54) is 23.7 Å². The van der Waals surface area contributed by atoms with E-state index in [-0.39, 0.29) is 22.5 Å². The van der Waals surface area contributed by atoms with E-state index >= 15 is 0 Å². The van der Waals surface area contributed by atoms with Gasteiger partial charge in [0.05, 0.1) is 11.5 Å². The second kappa shape index (κ2) is 7.93. The van der Waals surface area contributed by atoms with Crippen LogP contribution in [0.5, 0.6) is 0 Å². The molecule has 120 valence electrons. The van der Waals surface area contributed by atoms with Crippen molar-refractivity contribution in [3.63, 3.8) is 0 Å². The Kier molecular flexibility index (Phi) is 6.86. The minimum absolute atomic E-state index is 0.0184. The number of rotatable bonds is 8. The van der Waals surface area contributed by atoms with Gasteiger partial charge in [0.15, 0.2) is 0 Å². The molecule has 0 unspecified atom stereocenters. The fourth-order valence-electron chi connectivity index (χ4n) is 2.10. The van der Waals surface area contributed by atoms with E-state index in [9.17, 15) is 13.2 Å². The van der Waals surface area contributed by atoms with E-state index in [2.05, 4.69) is 4.98 Å². The molecule has 0 aliphatic heterocycles. The van der Waals surface area contributed by atoms with Crippen molar-refractivity contribution in [1.82, 2.24) is 9.29 Å². The molecule has 0 radical (unpaired) electrons. The number of hydrogen-bond donors (Lipinski definition) is 1. The quantitative estimate of drug-likeness (QED) is 0.785. The summed E-state index contributed by atoms with van der Waals surface area (Å²) in [7, 11) is -2.21. The molecule has 0 saturated heterocycles. The molecular formula is C13H21ClN2O4S. The monoisotopic (exact) mass is 336 g/mol. The topological polar surface area (TPSA) is 79.5 Å². The maximum Gasteiger partial charge on any atom is 0.266 e. The van der Waals surface area contributed by atoms with Crippen molar-refractivity contribution in [2.24, 2.45) is 0 Å². The summed E-state index contributed by atoms with van der Waals surface area (Å²) in [4.78, 5) is 13.6. The molecule has 1 aromatic rings. The molecule has 6 nitrogen and oxygen atoms in total. The van der Waals surface area contributed by atoms with Crippen LogP contribution in [0.1, 0.15) is 26.7 Å². The van der Waals surface area contributed by atoms with E-state index in [1.54, 1.807) is 0 Å². The van der Waals surface area contributed by atoms with Gasteiger partial charge in [0.1, 0.15) is 5.02 Å². The van der Waals surface area contributed by atoms with Gasteiger partial charge in [-0.2, -0.15) is 4.31 Å². The highest BCUT2D eigenvalue weighted by Gasteiger charge is 2.30. The van der Waals surface area contributed by atoms with Crippen molar-refractivity contribution in [3.05, 3.63) is 27.6 Å². The molecule has 8 heteroatoms. The summed E-state index contributed by atoms with van der Waals surface area (Å²) in [5.74, 6) is 0. The number of methoxy groups -OCH3 is 1. The normalized spacial score (nSPS) is 12.3. The van der Waals surface area contributed by atoms with E-state index < -0.39 is 15.6 Å². The highest BCUT2D eigenvalue weighted by molar-refractivity contribution is 7.89. The van der Waals surface area contributed by atoms with Crippen LogP contribution >= 0.6 is 11.6 Å². The Hall–Kier alpha value is -0.890. The molecular weight excluding hydrogens is 316 g/mol. The third-order valence-corrected chi connectivity index (χ3v) is 5.51. The van der Waals surface area contributed by atoms with Gasteiger partial charge in [0, 0.05) is 25.9 Å². The van der Waals surface area contributed by atoms with Crippen molar-refractivity contribution in [2.75, 3.05) is 20.3 Å². The van der Waals surface area contributed by atoms with Gasteiger partial charge in [0.2, 0.25) is 10.0 Å². The second-order valence-electron chi connectivity index (χ2n) is 4.59. The van der Waals surface area contributed by atoms with Gasteiger partial charge in [-0.05, 0) is 18.9 Å². The first-order valence-corrected chi connectivity index (χ1v) is 8.59. The zero-order chi connectivity index (χ0) is 16.0. The van der Waals surface area contributed by atoms with Crippen molar-refractivity contribution in [2.45, 2.75) is 37.6 Å². The zero-order valence-corrected chi connectivity index (χ0v) is 14.0. The van der Waals surface area contributed by atoms with Crippen LogP contribution < -0.4 is 5.56 Å². The molecule has 0 aromatic carbocycles. The Morgan fingerprint density at radius 1 is 1.38 bits per heavy atom. The lowest BCUT2D eigenvalue weighted by atomic mass is 10.2. The van der Waals surface area contributed by atoms with Crippen molar-refractivity contribution in [3.8, 4) is 0 Å². The lowest BCUT2D eigenvalue weighted by molar-refractivity contribution is 0.163. The Morgan fingerprint density at radius 2 is 2.00 bits per heavy atom. The first-order valence-electron chi connectivity index (χ1n) is 6.77. The molecule has 1 rings (SSSR count). The van der Waals surface area contributed by atoms with Gasteiger partial charge in [-0.3, -0.25) is 4.79 Å². The standard InChI is InChI=1S/C13H21ClN2O4S/c1-4-10(5-2)16(6-7-20-3)21(18,19)11-8-12(14)13(17)15-9-11/h8-10H,4-7H2,1-3H3,(H,15,17). The number of aromatic amines is 1. The van der Waals surface area contributed by atoms with E-state index in [0.717, 1.165) is 0 Å². The average Bonchev–Trinajstić information content (AvgIpc) is 2.46. The predicted molar refractivity (Wildman–Crippen MR) is 82.2 cm³/mol. The van der Waals surface area contributed by atoms with Gasteiger partial charge >= 0.3 is 0 Å². The molecule has 0 amide bonds. The van der Waals surface area contributed by atoms with Gasteiger partial charge in [0.25, 0.3) is 5.56 Å². The number of aromatic nitrogens is 1. The van der Waals surface area contributed by atoms with Crippen LogP contribution in [0.2, 0.25) is 5.02 Å². The Bertz CT molecular complexity index is 611. The van der Waals surface area contributed by atoms with Crippen LogP contribution in [0, 0.1) is 0 Å². The Labute approximate surface area is 130 Å². The molecule has 0 fully saturated rings. The number of pyridine rings is 1. The number of halogens is 1. The first kappa shape index (κ1) is 18.2. The number of sulfonamides is 1. The zero-order valence-electron chi connectivity index (χ0n) is 12.4. The van der Waals surface area contributed by atoms with Crippen LogP contribution in [-0.4, -0.2) is 44.0 Å². The summed E-state index contributed by atoms with van der Waals surface area (Å²) >= 11 is 5.72. The highest BCUT2D eigenvalue weighted by Crippen LogP contribution is 2.21. The number of nitrogens with zero attached hydrogens (tertiary/aromatic N) is 1. The van der Waals surface area contributed by atoms with Crippen LogP contribution in [-0.2, 0) is 14.8 Å². The highest BCUT2D eigenvalue weighted by atomic mass is 35.5. The largest absolute Gasteiger partial charge is 0.383 e. The van der Waals surface area contributed by atoms with Crippen LogP contribution in [0.4, 0.5) is 0 Å². The SMILES string of the molecule is CCC(CC)N(CCOC)S(=O)(=O)c1c[nH]c(=O)c(Cl)c1. The summed E-state index contributed by atoms with van der Waals surface area (Å²) in [6.07, 6.45) is 2.55. The van der Waals surface area contributed by atoms with Gasteiger partial charge < -0.3 is 9.72 Å². The molecule has 1 N–H and O–H groups in total. The van der Waals surface area contributed by atoms with Crippen LogP contribution in [0.25, 0.3) is 0 Å². The van der Waals surface area contributed by atoms with E-state index in [4.69, 9.17) is 16.3 Å². The first-order chi connectivity index (χ1) is 9.88. The van der Waals surface area contributed by atoms with Crippen LogP contribution in [0.3, 0.4) is 0 Å². The summed E-state index contributed by atoms with van der Waals surface area (Å²) in [6.45, 7) is 4.42. The fourth-order valence-corrected chi connectivity index (χ4v) is 4.09. The lowest BCUT2D eigenvalue weighted by Gasteiger charge is -2.29. The van der Waals surface area contributed by atoms with Gasteiger partial charge in [-0.25, -0.2) is 8.42 Å². The molecule has 1 heterocycles. The Balaban J connectivity index is 3.24. The lowest BCUT2D eigenvalue weighted by Crippen LogP contribution is -2.41. The maximum absolute atomic E-state index is 12.8. The molecule has 0 saturated carbocycles. The summed E-state index contributed by atoms with van der Waals surface area (Å²) in [6, 6.07) is 1.05. The van der Waals surface area contributed by atoms with E-state index in [1.807, 2.05) is 13.8 Å². The van der Waals surface area contributed by atoms with Crippen molar-refractivity contribution < 1.29 is 13.2 Å². The summed E-state index contributed by atoms with van der Waals surface area (Å²) in [5.41, 5.74) is -0.512. The molecule has 0 spiro atoms. The predicted octanol–water partition coefficient (Wildman–Crippen LogP) is 1.85. The molecule has 0 bridgehead atoms. The van der Waals surface area contributed by atoms with Crippen LogP contribution in [0.15, 0.2) is 22.0 Å². The molecule has 21 heavy (non-hydrogen) atoms. The second-order valence-corrected chi connectivity index (χ2v) is 6.89. The maximum atomic E-state index is 12.8. The number of ether oxygens (including phenoxy) is 1. The third-order valence-electron chi connectivity index (χ3n) is 3.30. The van der Waals surface area contributed by atoms with E-state index in [0.29, 0.717) is 19.4 Å². The minimum atomic E-state index is -3.74. The van der Waals surface area contributed by atoms with Crippen molar-refractivity contribution in [1.29, 1.82) is 0 Å². The summed E-state index contributed by atoms with van der Waals surface area (Å²) < 4.78 is 31.9. The molecule has 1 aromatic heterocycles. The minimum Gasteiger partial charge on any atom is -0.383 e.